The summed E-state index contributed by atoms with van der Waals surface area (Å²) in [6, 6.07) is 16.1. The van der Waals surface area contributed by atoms with Gasteiger partial charge in [-0.3, -0.25) is 24.0 Å². The Morgan fingerprint density at radius 1 is 1.01 bits per heavy atom. The number of fused-ring (bicyclic) bond motifs is 8. The second-order valence-corrected chi connectivity index (χ2v) is 19.5. The smallest absolute Gasteiger partial charge is 0.407 e. The van der Waals surface area contributed by atoms with Crippen LogP contribution in [0.15, 0.2) is 65.5 Å². The number of aromatic nitrogens is 2. The van der Waals surface area contributed by atoms with E-state index in [2.05, 4.69) is 10.6 Å². The molecule has 3 aromatic carbocycles. The third kappa shape index (κ3) is 8.78. The van der Waals surface area contributed by atoms with Crippen LogP contribution in [0.3, 0.4) is 0 Å². The van der Waals surface area contributed by atoms with E-state index >= 15 is 4.39 Å². The van der Waals surface area contributed by atoms with Gasteiger partial charge in [0.2, 0.25) is 17.7 Å². The van der Waals surface area contributed by atoms with Crippen LogP contribution < -0.4 is 21.9 Å². The van der Waals surface area contributed by atoms with Gasteiger partial charge in [0.15, 0.2) is 5.60 Å². The van der Waals surface area contributed by atoms with Gasteiger partial charge in [0.25, 0.3) is 5.56 Å². The number of nitrogens with two attached hydrogens (primary N) is 1. The lowest BCUT2D eigenvalue weighted by Crippen LogP contribution is -2.51. The first kappa shape index (κ1) is 48.5. The lowest BCUT2D eigenvalue weighted by atomic mass is 9.80. The number of amides is 4. The first-order chi connectivity index (χ1) is 33.8. The number of rotatable bonds is 14. The van der Waals surface area contributed by atoms with E-state index in [9.17, 15) is 38.7 Å². The summed E-state index contributed by atoms with van der Waals surface area (Å²) < 4.78 is 33.6. The highest BCUT2D eigenvalue weighted by Crippen LogP contribution is 2.49. The fourth-order valence-corrected chi connectivity index (χ4v) is 10.7. The minimum Gasteiger partial charge on any atom is -0.460 e. The SMILES string of the molecule is CC[C@@]1(O)C(=O)OCc2c1cc1n(c2=O)Cc2c-1nc1cc(F)c(C)c3c1c2[C@@H](N(C(=O)CCCNC(=O)CNC(=O)OCC1c2ccccc2-c2ccccc21)[C@@H](CC(=O)OC(C)(C)C)C(N)=O)CC3. The zero-order valence-corrected chi connectivity index (χ0v) is 40.1. The van der Waals surface area contributed by atoms with Crippen molar-refractivity contribution in [1.82, 2.24) is 25.1 Å². The van der Waals surface area contributed by atoms with E-state index in [1.807, 2.05) is 48.5 Å². The number of carbonyl (C=O) groups is 6. The van der Waals surface area contributed by atoms with Gasteiger partial charge in [-0.15, -0.1) is 0 Å². The molecule has 71 heavy (non-hydrogen) atoms. The molecule has 2 aromatic heterocycles. The molecule has 2 aliphatic heterocycles. The number of aliphatic hydroxyl groups is 1. The van der Waals surface area contributed by atoms with Crippen molar-refractivity contribution in [3.63, 3.8) is 0 Å². The average molecular weight is 971 g/mol. The molecule has 0 saturated heterocycles. The molecule has 0 unspecified atom stereocenters. The van der Waals surface area contributed by atoms with Crippen molar-refractivity contribution in [2.45, 2.75) is 115 Å². The van der Waals surface area contributed by atoms with Crippen molar-refractivity contribution < 1.29 is 52.5 Å². The molecule has 5 aromatic rings. The number of ether oxygens (including phenoxy) is 3. The van der Waals surface area contributed by atoms with Crippen molar-refractivity contribution in [2.75, 3.05) is 19.7 Å². The van der Waals surface area contributed by atoms with Gasteiger partial charge in [0.1, 0.15) is 30.7 Å². The molecule has 9 rings (SSSR count). The quantitative estimate of drug-likeness (QED) is 0.0613. The summed E-state index contributed by atoms with van der Waals surface area (Å²) in [5, 5.41) is 17.2. The summed E-state index contributed by atoms with van der Waals surface area (Å²) in [5.41, 5.74) is 9.51. The van der Waals surface area contributed by atoms with Crippen LogP contribution in [0.25, 0.3) is 33.4 Å². The molecule has 5 N–H and O–H groups in total. The molecule has 0 fully saturated rings. The fraction of sp³-hybridized carbons (Fsp3) is 0.396. The van der Waals surface area contributed by atoms with Gasteiger partial charge in [0, 0.05) is 41.5 Å². The molecular weight excluding hydrogens is 916 g/mol. The number of nitrogens with one attached hydrogen (secondary N) is 2. The maximum Gasteiger partial charge on any atom is 0.407 e. The summed E-state index contributed by atoms with van der Waals surface area (Å²) in [5.74, 6) is -4.53. The molecule has 0 radical (unpaired) electrons. The van der Waals surface area contributed by atoms with E-state index in [-0.39, 0.29) is 92.4 Å². The minimum absolute atomic E-state index is 0.0157. The van der Waals surface area contributed by atoms with Gasteiger partial charge in [-0.1, -0.05) is 55.5 Å². The summed E-state index contributed by atoms with van der Waals surface area (Å²) in [6.45, 7) is 7.39. The number of aryl methyl sites for hydroxylation is 1. The normalized spacial score (nSPS) is 17.7. The van der Waals surface area contributed by atoms with Crippen LogP contribution in [0, 0.1) is 12.7 Å². The number of hydrogen-bond donors (Lipinski definition) is 4. The second kappa shape index (κ2) is 18.7. The van der Waals surface area contributed by atoms with Crippen molar-refractivity contribution in [3.8, 4) is 22.5 Å². The van der Waals surface area contributed by atoms with Gasteiger partial charge in [-0.2, -0.15) is 0 Å². The lowest BCUT2D eigenvalue weighted by Gasteiger charge is -2.40. The van der Waals surface area contributed by atoms with Crippen molar-refractivity contribution >= 4 is 46.7 Å². The Labute approximate surface area is 407 Å². The van der Waals surface area contributed by atoms with Crippen LogP contribution in [0.5, 0.6) is 0 Å². The van der Waals surface area contributed by atoms with Crippen LogP contribution in [0.1, 0.15) is 116 Å². The highest BCUT2D eigenvalue weighted by molar-refractivity contribution is 5.96. The van der Waals surface area contributed by atoms with E-state index in [1.165, 1.54) is 21.6 Å². The zero-order chi connectivity index (χ0) is 50.7. The Hall–Kier alpha value is -7.47. The van der Waals surface area contributed by atoms with Gasteiger partial charge in [-0.05, 0) is 98.4 Å². The number of benzene rings is 3. The monoisotopic (exact) mass is 970 g/mol. The highest BCUT2D eigenvalue weighted by Gasteiger charge is 2.47. The number of nitrogens with zero attached hydrogens (tertiary/aromatic N) is 3. The molecule has 17 nitrogen and oxygen atoms in total. The van der Waals surface area contributed by atoms with Crippen molar-refractivity contribution in [1.29, 1.82) is 0 Å². The predicted molar refractivity (Wildman–Crippen MR) is 256 cm³/mol. The Bertz CT molecular complexity index is 3100. The first-order valence-corrected chi connectivity index (χ1v) is 23.8. The minimum atomic E-state index is -2.12. The van der Waals surface area contributed by atoms with Crippen LogP contribution in [0.2, 0.25) is 0 Å². The number of cyclic esters (lactones) is 1. The molecule has 3 atom stereocenters. The largest absolute Gasteiger partial charge is 0.460 e. The highest BCUT2D eigenvalue weighted by atomic mass is 19.1. The Balaban J connectivity index is 0.970. The molecular formula is C53H55FN6O11. The first-order valence-electron chi connectivity index (χ1n) is 23.8. The number of carbonyl (C=O) groups excluding carboxylic acids is 6. The molecule has 2 aliphatic carbocycles. The lowest BCUT2D eigenvalue weighted by molar-refractivity contribution is -0.172. The Morgan fingerprint density at radius 3 is 2.37 bits per heavy atom. The van der Waals surface area contributed by atoms with Crippen molar-refractivity contribution in [3.05, 3.63) is 121 Å². The van der Waals surface area contributed by atoms with Gasteiger partial charge < -0.3 is 45.2 Å². The van der Waals surface area contributed by atoms with E-state index in [0.717, 1.165) is 22.3 Å². The standard InChI is InChI=1S/C53H55FN6O11/c1-6-53(68)36-20-40-47-33(24-59(40)49(65)35(36)26-69-50(53)66)46-39(18-17-28-27(2)37(54)21-38(58-47)45(28)46)60(41(48(55)64)22-44(63)71-52(3,4)5)43(62)16-11-19-56-42(61)23-57-51(67)70-25-34-31-14-9-7-12-29(31)30-13-8-10-15-32(30)34/h7-10,12-15,20-21,34,39,41,68H,6,11,16-19,22-26H2,1-5H3,(H2,55,64)(H,56,61)(H,57,67)/t39-,41-,53-/m0/s1. The van der Waals surface area contributed by atoms with Crippen LogP contribution in [-0.2, 0) is 63.4 Å². The van der Waals surface area contributed by atoms with Gasteiger partial charge in [-0.25, -0.2) is 19.0 Å². The van der Waals surface area contributed by atoms with E-state index in [0.29, 0.717) is 27.6 Å². The summed E-state index contributed by atoms with van der Waals surface area (Å²) in [6.07, 6.45) is -1.27. The summed E-state index contributed by atoms with van der Waals surface area (Å²) in [4.78, 5) is 101. The third-order valence-corrected chi connectivity index (χ3v) is 14.0. The van der Waals surface area contributed by atoms with E-state index in [1.54, 1.807) is 34.6 Å². The van der Waals surface area contributed by atoms with Crippen LogP contribution in [0.4, 0.5) is 9.18 Å². The van der Waals surface area contributed by atoms with E-state index in [4.69, 9.17) is 24.9 Å². The maximum absolute atomic E-state index is 15.8. The number of hydrogen-bond acceptors (Lipinski definition) is 12. The average Bonchev–Trinajstić information content (AvgIpc) is 3.87. The summed E-state index contributed by atoms with van der Waals surface area (Å²) >= 11 is 0. The van der Waals surface area contributed by atoms with Crippen molar-refractivity contribution in [2.24, 2.45) is 5.73 Å². The molecule has 0 bridgehead atoms. The molecule has 370 valence electrons. The zero-order valence-electron chi connectivity index (χ0n) is 40.1. The number of pyridine rings is 2. The molecule has 4 heterocycles. The van der Waals surface area contributed by atoms with E-state index < -0.39 is 83.4 Å². The van der Waals surface area contributed by atoms with Gasteiger partial charge >= 0.3 is 18.0 Å². The predicted octanol–water partition coefficient (Wildman–Crippen LogP) is 5.36. The number of esters is 2. The molecule has 4 amide bonds. The molecule has 4 aliphatic rings. The maximum atomic E-state index is 15.8. The van der Waals surface area contributed by atoms with Gasteiger partial charge in [0.05, 0.1) is 48.0 Å². The summed E-state index contributed by atoms with van der Waals surface area (Å²) in [7, 11) is 0. The van der Waals surface area contributed by atoms with Crippen LogP contribution >= 0.6 is 0 Å². The third-order valence-electron chi connectivity index (χ3n) is 14.0. The fourth-order valence-electron chi connectivity index (χ4n) is 10.7. The second-order valence-electron chi connectivity index (χ2n) is 19.5. The Morgan fingerprint density at radius 2 is 1.70 bits per heavy atom. The topological polar surface area (TPSA) is 239 Å². The van der Waals surface area contributed by atoms with Crippen LogP contribution in [-0.4, -0.2) is 86.7 Å². The number of primary amides is 1. The number of alkyl carbamates (subject to hydrolysis) is 1. The molecule has 0 saturated carbocycles. The Kier molecular flexibility index (Phi) is 12.8. The molecule has 18 heteroatoms. The molecule has 0 spiro atoms. The number of halogens is 1.